The van der Waals surface area contributed by atoms with E-state index in [-0.39, 0.29) is 0 Å². The Kier molecular flexibility index (Phi) is 2.44. The van der Waals surface area contributed by atoms with Crippen molar-refractivity contribution in [3.05, 3.63) is 23.6 Å². The smallest absolute Gasteiger partial charge is 0.243 e. The van der Waals surface area contributed by atoms with Crippen LogP contribution in [0.4, 0.5) is 5.82 Å². The Morgan fingerprint density at radius 2 is 2.00 bits per heavy atom. The first-order chi connectivity index (χ1) is 7.84. The fourth-order valence-electron chi connectivity index (χ4n) is 2.23. The molecule has 16 heavy (non-hydrogen) atoms. The van der Waals surface area contributed by atoms with E-state index in [4.69, 9.17) is 11.6 Å². The third-order valence-electron chi connectivity index (χ3n) is 3.00. The van der Waals surface area contributed by atoms with Crippen molar-refractivity contribution >= 4 is 22.9 Å². The number of anilines is 1. The molecule has 0 N–H and O–H groups in total. The molecule has 4 nitrogen and oxygen atoms in total. The molecule has 0 atom stereocenters. The Labute approximate surface area is 98.8 Å². The van der Waals surface area contributed by atoms with Crippen LogP contribution in [0.25, 0.3) is 5.52 Å². The number of fused-ring (bicyclic) bond motifs is 1. The first-order valence-electron chi connectivity index (χ1n) is 5.60. The predicted octanol–water partition coefficient (Wildman–Crippen LogP) is 2.37. The Morgan fingerprint density at radius 3 is 2.81 bits per heavy atom. The lowest BCUT2D eigenvalue weighted by atomic mass is 10.1. The number of nitrogens with zero attached hydrogens (tertiary/aromatic N) is 4. The number of halogens is 1. The molecule has 0 spiro atoms. The van der Waals surface area contributed by atoms with E-state index in [0.29, 0.717) is 5.28 Å². The highest BCUT2D eigenvalue weighted by atomic mass is 35.5. The monoisotopic (exact) mass is 236 g/mol. The summed E-state index contributed by atoms with van der Waals surface area (Å²) >= 11 is 5.93. The van der Waals surface area contributed by atoms with E-state index < -0.39 is 0 Å². The Bertz CT molecular complexity index is 502. The second kappa shape index (κ2) is 3.94. The Morgan fingerprint density at radius 1 is 1.19 bits per heavy atom. The summed E-state index contributed by atoms with van der Waals surface area (Å²) in [7, 11) is 0. The van der Waals surface area contributed by atoms with E-state index >= 15 is 0 Å². The van der Waals surface area contributed by atoms with Crippen molar-refractivity contribution in [1.29, 1.82) is 0 Å². The summed E-state index contributed by atoms with van der Waals surface area (Å²) in [6, 6.07) is 3.99. The van der Waals surface area contributed by atoms with Gasteiger partial charge >= 0.3 is 0 Å². The first kappa shape index (κ1) is 9.90. The van der Waals surface area contributed by atoms with Gasteiger partial charge in [-0.3, -0.25) is 0 Å². The number of hydrogen-bond donors (Lipinski definition) is 0. The molecule has 0 saturated carbocycles. The normalized spacial score (nSPS) is 16.9. The van der Waals surface area contributed by atoms with Crippen LogP contribution in [0.5, 0.6) is 0 Å². The van der Waals surface area contributed by atoms with Gasteiger partial charge in [0.05, 0.1) is 0 Å². The lowest BCUT2D eigenvalue weighted by Gasteiger charge is -2.28. The van der Waals surface area contributed by atoms with Gasteiger partial charge < -0.3 is 4.90 Å². The molecule has 2 aromatic heterocycles. The van der Waals surface area contributed by atoms with Crippen molar-refractivity contribution in [3.8, 4) is 0 Å². The molecule has 1 aliphatic rings. The highest BCUT2D eigenvalue weighted by Gasteiger charge is 2.16. The maximum Gasteiger partial charge on any atom is 0.243 e. The summed E-state index contributed by atoms with van der Waals surface area (Å²) in [5.74, 6) is 0.963. The minimum absolute atomic E-state index is 0.310. The zero-order valence-corrected chi connectivity index (χ0v) is 9.69. The maximum atomic E-state index is 5.93. The average molecular weight is 237 g/mol. The summed E-state index contributed by atoms with van der Waals surface area (Å²) in [6.45, 7) is 2.13. The molecule has 0 radical (unpaired) electrons. The number of piperidine rings is 1. The topological polar surface area (TPSA) is 33.4 Å². The van der Waals surface area contributed by atoms with Crippen LogP contribution in [0.15, 0.2) is 18.3 Å². The van der Waals surface area contributed by atoms with Crippen molar-refractivity contribution in [1.82, 2.24) is 14.6 Å². The Balaban J connectivity index is 2.09. The summed E-state index contributed by atoms with van der Waals surface area (Å²) in [6.07, 6.45) is 5.67. The molecule has 5 heteroatoms. The first-order valence-corrected chi connectivity index (χ1v) is 5.98. The second-order valence-electron chi connectivity index (χ2n) is 4.09. The molecule has 1 fully saturated rings. The predicted molar refractivity (Wildman–Crippen MR) is 64.1 cm³/mol. The van der Waals surface area contributed by atoms with Gasteiger partial charge in [-0.1, -0.05) is 0 Å². The van der Waals surface area contributed by atoms with Crippen LogP contribution in [0, 0.1) is 0 Å². The molecule has 0 aliphatic carbocycles. The van der Waals surface area contributed by atoms with Gasteiger partial charge in [0.25, 0.3) is 0 Å². The Hall–Kier alpha value is -1.29. The fraction of sp³-hybridized carbons (Fsp3) is 0.455. The van der Waals surface area contributed by atoms with Gasteiger partial charge in [0.2, 0.25) is 5.28 Å². The zero-order valence-electron chi connectivity index (χ0n) is 8.93. The van der Waals surface area contributed by atoms with Gasteiger partial charge in [0, 0.05) is 19.3 Å². The quantitative estimate of drug-likeness (QED) is 0.762. The largest absolute Gasteiger partial charge is 0.355 e. The van der Waals surface area contributed by atoms with E-state index in [1.165, 1.54) is 19.3 Å². The SMILES string of the molecule is Clc1nc(N2CCCCC2)c2cccn2n1. The van der Waals surface area contributed by atoms with Gasteiger partial charge in [-0.2, -0.15) is 4.98 Å². The molecule has 2 aromatic rings. The van der Waals surface area contributed by atoms with Crippen molar-refractivity contribution in [2.24, 2.45) is 0 Å². The highest BCUT2D eigenvalue weighted by Crippen LogP contribution is 2.23. The molecule has 0 bridgehead atoms. The molecule has 84 valence electrons. The van der Waals surface area contributed by atoms with Gasteiger partial charge in [0.1, 0.15) is 5.52 Å². The lowest BCUT2D eigenvalue weighted by Crippen LogP contribution is -2.30. The molecule has 3 heterocycles. The molecule has 1 saturated heterocycles. The molecular formula is C11H13ClN4. The van der Waals surface area contributed by atoms with Crippen LogP contribution < -0.4 is 4.90 Å². The van der Waals surface area contributed by atoms with E-state index in [1.807, 2.05) is 18.3 Å². The average Bonchev–Trinajstić information content (AvgIpc) is 2.77. The summed E-state index contributed by atoms with van der Waals surface area (Å²) < 4.78 is 1.79. The van der Waals surface area contributed by atoms with Gasteiger partial charge in [-0.15, -0.1) is 5.10 Å². The van der Waals surface area contributed by atoms with E-state index in [9.17, 15) is 0 Å². The number of aromatic nitrogens is 3. The molecule has 0 aromatic carbocycles. The van der Waals surface area contributed by atoms with E-state index in [2.05, 4.69) is 15.0 Å². The molecule has 1 aliphatic heterocycles. The molecular weight excluding hydrogens is 224 g/mol. The van der Waals surface area contributed by atoms with Gasteiger partial charge in [0.15, 0.2) is 5.82 Å². The van der Waals surface area contributed by atoms with Gasteiger partial charge in [-0.25, -0.2) is 4.52 Å². The third kappa shape index (κ3) is 1.63. The van der Waals surface area contributed by atoms with Gasteiger partial charge in [-0.05, 0) is 43.0 Å². The number of rotatable bonds is 1. The van der Waals surface area contributed by atoms with Crippen molar-refractivity contribution in [2.75, 3.05) is 18.0 Å². The van der Waals surface area contributed by atoms with Crippen LogP contribution in [0.1, 0.15) is 19.3 Å². The summed E-state index contributed by atoms with van der Waals surface area (Å²) in [4.78, 5) is 6.65. The molecule has 0 amide bonds. The lowest BCUT2D eigenvalue weighted by molar-refractivity contribution is 0.573. The van der Waals surface area contributed by atoms with Crippen LogP contribution >= 0.6 is 11.6 Å². The minimum atomic E-state index is 0.310. The van der Waals surface area contributed by atoms with E-state index in [1.54, 1.807) is 4.52 Å². The van der Waals surface area contributed by atoms with Crippen LogP contribution in [-0.4, -0.2) is 27.7 Å². The second-order valence-corrected chi connectivity index (χ2v) is 4.43. The molecule has 3 rings (SSSR count). The highest BCUT2D eigenvalue weighted by molar-refractivity contribution is 6.28. The van der Waals surface area contributed by atoms with Crippen LogP contribution in [-0.2, 0) is 0 Å². The van der Waals surface area contributed by atoms with Crippen LogP contribution in [0.3, 0.4) is 0 Å². The van der Waals surface area contributed by atoms with Crippen molar-refractivity contribution in [3.63, 3.8) is 0 Å². The summed E-state index contributed by atoms with van der Waals surface area (Å²) in [5.41, 5.74) is 1.03. The zero-order chi connectivity index (χ0) is 11.0. The minimum Gasteiger partial charge on any atom is -0.355 e. The van der Waals surface area contributed by atoms with E-state index in [0.717, 1.165) is 24.4 Å². The fourth-order valence-corrected chi connectivity index (χ4v) is 2.39. The molecule has 0 unspecified atom stereocenters. The van der Waals surface area contributed by atoms with Crippen LogP contribution in [0.2, 0.25) is 5.28 Å². The number of hydrogen-bond acceptors (Lipinski definition) is 3. The standard InChI is InChI=1S/C11H13ClN4/c12-11-13-10(15-6-2-1-3-7-15)9-5-4-8-16(9)14-11/h4-5,8H,1-3,6-7H2. The summed E-state index contributed by atoms with van der Waals surface area (Å²) in [5, 5.41) is 4.44. The third-order valence-corrected chi connectivity index (χ3v) is 3.16. The maximum absolute atomic E-state index is 5.93. The van der Waals surface area contributed by atoms with Crippen molar-refractivity contribution < 1.29 is 0 Å². The van der Waals surface area contributed by atoms with Crippen molar-refractivity contribution in [2.45, 2.75) is 19.3 Å².